The Balaban J connectivity index is 1.82. The van der Waals surface area contributed by atoms with Crippen molar-refractivity contribution in [2.75, 3.05) is 5.32 Å². The van der Waals surface area contributed by atoms with Crippen LogP contribution in [0.2, 0.25) is 5.02 Å². The predicted molar refractivity (Wildman–Crippen MR) is 123 cm³/mol. The SMILES string of the molecule is CC(C)C(=O)Nc1ccc(Cl)cc1C(=O)NC(C[C@@H]1C[C@@H](C)NC1=O)C(=O)C(=O)NC1CC1. The molecule has 2 fully saturated rings. The zero-order valence-corrected chi connectivity index (χ0v) is 19.6. The van der Waals surface area contributed by atoms with E-state index in [1.807, 2.05) is 6.92 Å². The maximum absolute atomic E-state index is 13.2. The first-order valence-corrected chi connectivity index (χ1v) is 11.5. The lowest BCUT2D eigenvalue weighted by atomic mass is 9.93. The molecule has 1 unspecified atom stereocenters. The molecule has 2 aliphatic rings. The van der Waals surface area contributed by atoms with Gasteiger partial charge in [0.25, 0.3) is 11.8 Å². The smallest absolute Gasteiger partial charge is 0.289 e. The molecule has 9 nitrogen and oxygen atoms in total. The van der Waals surface area contributed by atoms with Crippen molar-refractivity contribution in [3.8, 4) is 0 Å². The number of halogens is 1. The zero-order valence-electron chi connectivity index (χ0n) is 18.9. The predicted octanol–water partition coefficient (Wildman–Crippen LogP) is 1.80. The highest BCUT2D eigenvalue weighted by molar-refractivity contribution is 6.38. The summed E-state index contributed by atoms with van der Waals surface area (Å²) >= 11 is 6.07. The molecule has 1 aromatic carbocycles. The van der Waals surface area contributed by atoms with Crippen LogP contribution >= 0.6 is 11.6 Å². The number of Topliss-reactive ketones (excluding diaryl/α,β-unsaturated/α-hetero) is 1. The molecule has 0 radical (unpaired) electrons. The summed E-state index contributed by atoms with van der Waals surface area (Å²) in [5.74, 6) is -3.61. The van der Waals surface area contributed by atoms with E-state index in [2.05, 4.69) is 21.3 Å². The van der Waals surface area contributed by atoms with Gasteiger partial charge in [-0.1, -0.05) is 25.4 Å². The summed E-state index contributed by atoms with van der Waals surface area (Å²) in [5, 5.41) is 11.0. The minimum atomic E-state index is -1.20. The molecule has 0 aromatic heterocycles. The van der Waals surface area contributed by atoms with Gasteiger partial charge in [-0.2, -0.15) is 0 Å². The molecule has 1 saturated carbocycles. The fourth-order valence-corrected chi connectivity index (χ4v) is 3.81. The van der Waals surface area contributed by atoms with E-state index < -0.39 is 29.6 Å². The number of carbonyl (C=O) groups excluding carboxylic acids is 5. The largest absolute Gasteiger partial charge is 0.353 e. The van der Waals surface area contributed by atoms with Crippen LogP contribution < -0.4 is 21.3 Å². The molecular weight excluding hydrogens is 448 g/mol. The molecule has 1 aliphatic carbocycles. The van der Waals surface area contributed by atoms with E-state index in [0.717, 1.165) is 12.8 Å². The van der Waals surface area contributed by atoms with Crippen LogP contribution in [0.25, 0.3) is 0 Å². The van der Waals surface area contributed by atoms with Gasteiger partial charge < -0.3 is 21.3 Å². The lowest BCUT2D eigenvalue weighted by Crippen LogP contribution is -2.49. The molecule has 1 heterocycles. The summed E-state index contributed by atoms with van der Waals surface area (Å²) in [6, 6.07) is 3.12. The minimum absolute atomic E-state index is 0.00686. The Labute approximate surface area is 197 Å². The summed E-state index contributed by atoms with van der Waals surface area (Å²) in [4.78, 5) is 62.9. The van der Waals surface area contributed by atoms with Gasteiger partial charge in [0.2, 0.25) is 17.6 Å². The summed E-state index contributed by atoms with van der Waals surface area (Å²) in [5.41, 5.74) is 0.289. The van der Waals surface area contributed by atoms with Crippen molar-refractivity contribution in [2.45, 2.75) is 64.6 Å². The Kier molecular flexibility index (Phi) is 7.73. The van der Waals surface area contributed by atoms with Crippen LogP contribution in [0, 0.1) is 11.8 Å². The van der Waals surface area contributed by atoms with E-state index in [1.54, 1.807) is 13.8 Å². The van der Waals surface area contributed by atoms with E-state index in [-0.39, 0.29) is 52.5 Å². The summed E-state index contributed by atoms with van der Waals surface area (Å²) < 4.78 is 0. The number of benzene rings is 1. The lowest BCUT2D eigenvalue weighted by Gasteiger charge is -2.21. The van der Waals surface area contributed by atoms with E-state index in [4.69, 9.17) is 11.6 Å². The van der Waals surface area contributed by atoms with Crippen molar-refractivity contribution < 1.29 is 24.0 Å². The maximum atomic E-state index is 13.2. The molecule has 1 aromatic rings. The average molecular weight is 477 g/mol. The molecule has 10 heteroatoms. The Morgan fingerprint density at radius 3 is 2.45 bits per heavy atom. The van der Waals surface area contributed by atoms with Gasteiger partial charge >= 0.3 is 0 Å². The number of carbonyl (C=O) groups is 5. The van der Waals surface area contributed by atoms with Crippen molar-refractivity contribution in [2.24, 2.45) is 11.8 Å². The Hall–Kier alpha value is -2.94. The molecule has 0 spiro atoms. The standard InChI is InChI=1S/C23H29ClN4O5/c1-11(2)20(30)27-17-7-4-14(24)10-16(17)22(32)28-18(9-13-8-12(3)25-21(13)31)19(29)23(33)26-15-5-6-15/h4,7,10-13,15,18H,5-6,8-9H2,1-3H3,(H,25,31)(H,26,33)(H,27,30)(H,28,32)/t12-,13+,18?/m1/s1. The number of hydrogen-bond acceptors (Lipinski definition) is 5. The molecule has 178 valence electrons. The second-order valence-electron chi connectivity index (χ2n) is 9.05. The first-order valence-electron chi connectivity index (χ1n) is 11.1. The lowest BCUT2D eigenvalue weighted by molar-refractivity contribution is -0.139. The van der Waals surface area contributed by atoms with Crippen LogP contribution in [-0.4, -0.2) is 47.5 Å². The highest BCUT2D eigenvalue weighted by atomic mass is 35.5. The molecule has 3 atom stereocenters. The second-order valence-corrected chi connectivity index (χ2v) is 9.49. The van der Waals surface area contributed by atoms with Gasteiger partial charge in [0.1, 0.15) is 0 Å². The quantitative estimate of drug-likeness (QED) is 0.403. The van der Waals surface area contributed by atoms with Crippen LogP contribution in [0.5, 0.6) is 0 Å². The number of nitrogens with one attached hydrogen (secondary N) is 4. The minimum Gasteiger partial charge on any atom is -0.353 e. The van der Waals surface area contributed by atoms with Gasteiger partial charge in [0, 0.05) is 28.9 Å². The molecule has 0 bridgehead atoms. The molecule has 1 saturated heterocycles. The molecule has 3 rings (SSSR count). The Bertz CT molecular complexity index is 976. The highest BCUT2D eigenvalue weighted by Gasteiger charge is 2.37. The Morgan fingerprint density at radius 1 is 1.18 bits per heavy atom. The van der Waals surface area contributed by atoms with E-state index in [0.29, 0.717) is 6.42 Å². The van der Waals surface area contributed by atoms with E-state index in [1.165, 1.54) is 18.2 Å². The van der Waals surface area contributed by atoms with Crippen LogP contribution in [-0.2, 0) is 19.2 Å². The van der Waals surface area contributed by atoms with Gasteiger partial charge in [-0.3, -0.25) is 24.0 Å². The number of hydrogen-bond donors (Lipinski definition) is 4. The second kappa shape index (κ2) is 10.3. The van der Waals surface area contributed by atoms with Crippen LogP contribution in [0.15, 0.2) is 18.2 Å². The summed E-state index contributed by atoms with van der Waals surface area (Å²) in [7, 11) is 0. The third kappa shape index (κ3) is 6.54. The van der Waals surface area contributed by atoms with Crippen molar-refractivity contribution in [1.82, 2.24) is 16.0 Å². The van der Waals surface area contributed by atoms with Gasteiger partial charge in [0.15, 0.2) is 0 Å². The normalized spacial score (nSPS) is 20.7. The number of ketones is 1. The first kappa shape index (κ1) is 24.7. The number of rotatable bonds is 9. The number of anilines is 1. The van der Waals surface area contributed by atoms with Gasteiger partial charge in [0.05, 0.1) is 17.3 Å². The van der Waals surface area contributed by atoms with Crippen molar-refractivity contribution in [3.63, 3.8) is 0 Å². The Morgan fingerprint density at radius 2 is 1.88 bits per heavy atom. The highest BCUT2D eigenvalue weighted by Crippen LogP contribution is 2.24. The van der Waals surface area contributed by atoms with Crippen molar-refractivity contribution >= 4 is 46.7 Å². The monoisotopic (exact) mass is 476 g/mol. The fourth-order valence-electron chi connectivity index (χ4n) is 3.64. The van der Waals surface area contributed by atoms with E-state index in [9.17, 15) is 24.0 Å². The summed E-state index contributed by atoms with van der Waals surface area (Å²) in [6.45, 7) is 5.28. The first-order chi connectivity index (χ1) is 15.5. The third-order valence-corrected chi connectivity index (χ3v) is 5.92. The molecule has 33 heavy (non-hydrogen) atoms. The fraction of sp³-hybridized carbons (Fsp3) is 0.522. The zero-order chi connectivity index (χ0) is 24.3. The van der Waals surface area contributed by atoms with Crippen molar-refractivity contribution in [3.05, 3.63) is 28.8 Å². The molecule has 4 amide bonds. The van der Waals surface area contributed by atoms with E-state index >= 15 is 0 Å². The molecule has 4 N–H and O–H groups in total. The molecule has 1 aliphatic heterocycles. The number of amides is 4. The average Bonchev–Trinajstić information content (AvgIpc) is 3.50. The topological polar surface area (TPSA) is 133 Å². The van der Waals surface area contributed by atoms with Gasteiger partial charge in [-0.25, -0.2) is 0 Å². The van der Waals surface area contributed by atoms with Crippen LogP contribution in [0.1, 0.15) is 56.8 Å². The molecular formula is C23H29ClN4O5. The van der Waals surface area contributed by atoms with Gasteiger partial charge in [-0.15, -0.1) is 0 Å². The third-order valence-electron chi connectivity index (χ3n) is 5.68. The van der Waals surface area contributed by atoms with Crippen molar-refractivity contribution in [1.29, 1.82) is 0 Å². The maximum Gasteiger partial charge on any atom is 0.289 e. The van der Waals surface area contributed by atoms with Crippen LogP contribution in [0.4, 0.5) is 5.69 Å². The van der Waals surface area contributed by atoms with Gasteiger partial charge in [-0.05, 0) is 50.8 Å². The van der Waals surface area contributed by atoms with Crippen LogP contribution in [0.3, 0.4) is 0 Å². The summed E-state index contributed by atoms with van der Waals surface area (Å²) in [6.07, 6.45) is 2.10.